The first-order valence-electron chi connectivity index (χ1n) is 13.1. The summed E-state index contributed by atoms with van der Waals surface area (Å²) in [6.45, 7) is 7.41. The van der Waals surface area contributed by atoms with Crippen molar-refractivity contribution in [3.8, 4) is 17.2 Å². The summed E-state index contributed by atoms with van der Waals surface area (Å²) in [4.78, 5) is 26.1. The van der Waals surface area contributed by atoms with Crippen molar-refractivity contribution < 1.29 is 33.6 Å². The van der Waals surface area contributed by atoms with Crippen LogP contribution in [0.2, 0.25) is 0 Å². The smallest absolute Gasteiger partial charge is 0.415 e. The van der Waals surface area contributed by atoms with Crippen molar-refractivity contribution in [1.82, 2.24) is 4.90 Å². The molecular formula is C29H41NO7S. The van der Waals surface area contributed by atoms with Crippen LogP contribution in [0.15, 0.2) is 42.5 Å². The molecule has 0 bridgehead atoms. The molecule has 1 atom stereocenters. The zero-order valence-electron chi connectivity index (χ0n) is 22.9. The molecule has 0 saturated carbocycles. The molecule has 0 aliphatic carbocycles. The minimum Gasteiger partial charge on any atom is -0.493 e. The molecule has 0 aromatic heterocycles. The summed E-state index contributed by atoms with van der Waals surface area (Å²) < 4.78 is 22.2. The van der Waals surface area contributed by atoms with E-state index < -0.39 is 18.2 Å². The van der Waals surface area contributed by atoms with E-state index in [-0.39, 0.29) is 13.0 Å². The van der Waals surface area contributed by atoms with Gasteiger partial charge < -0.3 is 29.0 Å². The van der Waals surface area contributed by atoms with Gasteiger partial charge in [0.15, 0.2) is 17.6 Å². The van der Waals surface area contributed by atoms with Crippen LogP contribution in [-0.2, 0) is 16.0 Å². The monoisotopic (exact) mass is 547 g/mol. The highest BCUT2D eigenvalue weighted by atomic mass is 32.2. The van der Waals surface area contributed by atoms with Gasteiger partial charge in [0.2, 0.25) is 0 Å². The Balaban J connectivity index is 1.96. The fraction of sp³-hybridized carbons (Fsp3) is 0.517. The molecule has 0 radical (unpaired) electrons. The van der Waals surface area contributed by atoms with Crippen molar-refractivity contribution in [2.24, 2.45) is 0 Å². The standard InChI is InChI=1S/C29H41NO7S/c1-5-7-8-18-38-19-16-30(29(33)37-26-20-22(3)9-14-25(26)34-4)15-17-36-24-12-10-23(11-13-24)21-27(28(31)32)35-6-2/h9-14,20,27H,5-8,15-19,21H2,1-4H3,(H,31,32). The predicted octanol–water partition coefficient (Wildman–Crippen LogP) is 5.84. The molecule has 1 N–H and O–H groups in total. The van der Waals surface area contributed by atoms with E-state index in [9.17, 15) is 14.7 Å². The molecule has 2 rings (SSSR count). The number of ether oxygens (including phenoxy) is 4. The van der Waals surface area contributed by atoms with Crippen molar-refractivity contribution in [2.75, 3.05) is 44.9 Å². The second-order valence-electron chi connectivity index (χ2n) is 8.81. The van der Waals surface area contributed by atoms with Gasteiger partial charge in [0.25, 0.3) is 0 Å². The maximum atomic E-state index is 13.1. The summed E-state index contributed by atoms with van der Waals surface area (Å²) in [5.74, 6) is 2.43. The summed E-state index contributed by atoms with van der Waals surface area (Å²) in [7, 11) is 1.55. The number of aryl methyl sites for hydroxylation is 1. The fourth-order valence-corrected chi connectivity index (χ4v) is 4.64. The topological polar surface area (TPSA) is 94.5 Å². The Bertz CT molecular complexity index is 983. The summed E-state index contributed by atoms with van der Waals surface area (Å²) in [6.07, 6.45) is 2.52. The number of carbonyl (C=O) groups is 2. The normalized spacial score (nSPS) is 11.6. The van der Waals surface area contributed by atoms with Crippen LogP contribution < -0.4 is 14.2 Å². The third-order valence-electron chi connectivity index (χ3n) is 5.79. The van der Waals surface area contributed by atoms with Crippen LogP contribution in [0.25, 0.3) is 0 Å². The molecule has 0 spiro atoms. The number of hydrogen-bond acceptors (Lipinski definition) is 7. The van der Waals surface area contributed by atoms with Gasteiger partial charge in [-0.25, -0.2) is 9.59 Å². The van der Waals surface area contributed by atoms with Crippen LogP contribution in [0, 0.1) is 6.92 Å². The van der Waals surface area contributed by atoms with Crippen LogP contribution in [0.3, 0.4) is 0 Å². The number of nitrogens with zero attached hydrogens (tertiary/aromatic N) is 1. The molecule has 8 nitrogen and oxygen atoms in total. The number of methoxy groups -OCH3 is 1. The second-order valence-corrected chi connectivity index (χ2v) is 10.0. The molecule has 0 aliphatic heterocycles. The third kappa shape index (κ3) is 11.2. The Morgan fingerprint density at radius 3 is 2.42 bits per heavy atom. The first-order valence-corrected chi connectivity index (χ1v) is 14.3. The predicted molar refractivity (Wildman–Crippen MR) is 151 cm³/mol. The van der Waals surface area contributed by atoms with Crippen molar-refractivity contribution in [3.63, 3.8) is 0 Å². The first kappa shape index (κ1) is 31.3. The van der Waals surface area contributed by atoms with Crippen LogP contribution in [0.5, 0.6) is 17.2 Å². The largest absolute Gasteiger partial charge is 0.493 e. The van der Waals surface area contributed by atoms with Gasteiger partial charge in [0.1, 0.15) is 12.4 Å². The maximum absolute atomic E-state index is 13.1. The molecule has 2 aromatic rings. The van der Waals surface area contributed by atoms with Crippen molar-refractivity contribution in [3.05, 3.63) is 53.6 Å². The van der Waals surface area contributed by atoms with Gasteiger partial charge in [-0.15, -0.1) is 0 Å². The summed E-state index contributed by atoms with van der Waals surface area (Å²) in [6, 6.07) is 12.7. The molecule has 0 aliphatic rings. The number of hydrogen-bond donors (Lipinski definition) is 1. The van der Waals surface area contributed by atoms with E-state index in [2.05, 4.69) is 6.92 Å². The third-order valence-corrected chi connectivity index (χ3v) is 6.84. The summed E-state index contributed by atoms with van der Waals surface area (Å²) in [5, 5.41) is 9.28. The molecule has 210 valence electrons. The lowest BCUT2D eigenvalue weighted by Gasteiger charge is -2.23. The van der Waals surface area contributed by atoms with Gasteiger partial charge in [0.05, 0.1) is 13.7 Å². The molecule has 0 fully saturated rings. The average molecular weight is 548 g/mol. The van der Waals surface area contributed by atoms with Crippen LogP contribution in [-0.4, -0.2) is 73.1 Å². The molecule has 38 heavy (non-hydrogen) atoms. The van der Waals surface area contributed by atoms with Crippen molar-refractivity contribution >= 4 is 23.8 Å². The first-order chi connectivity index (χ1) is 18.4. The van der Waals surface area contributed by atoms with Gasteiger partial charge >= 0.3 is 12.1 Å². The Morgan fingerprint density at radius 2 is 1.76 bits per heavy atom. The van der Waals surface area contributed by atoms with E-state index in [1.807, 2.05) is 36.9 Å². The van der Waals surface area contributed by atoms with Gasteiger partial charge in [-0.2, -0.15) is 11.8 Å². The zero-order valence-corrected chi connectivity index (χ0v) is 23.8. The average Bonchev–Trinajstić information content (AvgIpc) is 2.90. The van der Waals surface area contributed by atoms with Crippen LogP contribution in [0.4, 0.5) is 4.79 Å². The van der Waals surface area contributed by atoms with Gasteiger partial charge in [-0.05, 0) is 61.4 Å². The highest BCUT2D eigenvalue weighted by Gasteiger charge is 2.19. The van der Waals surface area contributed by atoms with Crippen molar-refractivity contribution in [1.29, 1.82) is 0 Å². The highest BCUT2D eigenvalue weighted by molar-refractivity contribution is 7.99. The van der Waals surface area contributed by atoms with Crippen LogP contribution in [0.1, 0.15) is 44.2 Å². The summed E-state index contributed by atoms with van der Waals surface area (Å²) >= 11 is 1.83. The molecule has 0 heterocycles. The number of carbonyl (C=O) groups excluding carboxylic acids is 1. The zero-order chi connectivity index (χ0) is 27.8. The minimum atomic E-state index is -0.981. The number of aliphatic carboxylic acids is 1. The lowest BCUT2D eigenvalue weighted by molar-refractivity contribution is -0.149. The van der Waals surface area contributed by atoms with E-state index in [1.165, 1.54) is 19.3 Å². The number of rotatable bonds is 18. The lowest BCUT2D eigenvalue weighted by atomic mass is 10.1. The number of amides is 1. The molecule has 2 aromatic carbocycles. The van der Waals surface area contributed by atoms with Gasteiger partial charge in [-0.1, -0.05) is 38.0 Å². The minimum absolute atomic E-state index is 0.279. The van der Waals surface area contributed by atoms with E-state index in [1.54, 1.807) is 43.2 Å². The highest BCUT2D eigenvalue weighted by Crippen LogP contribution is 2.28. The van der Waals surface area contributed by atoms with E-state index >= 15 is 0 Å². The molecule has 1 amide bonds. The Hall–Kier alpha value is -2.91. The number of carboxylic acids is 1. The number of thioether (sulfide) groups is 1. The number of benzene rings is 2. The Labute approximate surface area is 230 Å². The van der Waals surface area contributed by atoms with Gasteiger partial charge in [-0.3, -0.25) is 0 Å². The number of unbranched alkanes of at least 4 members (excludes halogenated alkanes) is 2. The summed E-state index contributed by atoms with van der Waals surface area (Å²) in [5.41, 5.74) is 1.81. The van der Waals surface area contributed by atoms with E-state index in [0.717, 1.165) is 22.6 Å². The van der Waals surface area contributed by atoms with Crippen LogP contribution >= 0.6 is 11.8 Å². The molecule has 1 unspecified atom stereocenters. The molecular weight excluding hydrogens is 506 g/mol. The number of carboxylic acid groups (broad SMARTS) is 1. The Morgan fingerprint density at radius 1 is 1.00 bits per heavy atom. The quantitative estimate of drug-likeness (QED) is 0.233. The van der Waals surface area contributed by atoms with Crippen molar-refractivity contribution in [2.45, 2.75) is 52.6 Å². The lowest BCUT2D eigenvalue weighted by Crippen LogP contribution is -2.38. The molecule has 0 saturated heterocycles. The Kier molecular flexibility index (Phi) is 14.5. The van der Waals surface area contributed by atoms with E-state index in [0.29, 0.717) is 36.9 Å². The SMILES string of the molecule is CCCCCSCCN(CCOc1ccc(CC(OCC)C(=O)O)cc1)C(=O)Oc1cc(C)ccc1OC. The van der Waals surface area contributed by atoms with Gasteiger partial charge in [0, 0.05) is 25.3 Å². The maximum Gasteiger partial charge on any atom is 0.415 e. The van der Waals surface area contributed by atoms with E-state index in [4.69, 9.17) is 18.9 Å². The molecule has 9 heteroatoms. The fourth-order valence-electron chi connectivity index (χ4n) is 3.68. The second kappa shape index (κ2) is 17.6.